The van der Waals surface area contributed by atoms with E-state index in [1.165, 1.54) is 56.3 Å². The summed E-state index contributed by atoms with van der Waals surface area (Å²) in [5.41, 5.74) is 1.11. The lowest BCUT2D eigenvalue weighted by Crippen LogP contribution is -2.03. The fourth-order valence-corrected chi connectivity index (χ4v) is 4.27. The van der Waals surface area contributed by atoms with Crippen molar-refractivity contribution in [3.8, 4) is 10.8 Å². The van der Waals surface area contributed by atoms with Gasteiger partial charge in [0.25, 0.3) is 0 Å². The van der Waals surface area contributed by atoms with Crippen LogP contribution in [0, 0.1) is 0 Å². The van der Waals surface area contributed by atoms with Crippen LogP contribution in [0.3, 0.4) is 0 Å². The summed E-state index contributed by atoms with van der Waals surface area (Å²) in [5.74, 6) is 0.788. The zero-order valence-corrected chi connectivity index (χ0v) is 16.9. The van der Waals surface area contributed by atoms with Gasteiger partial charge in [0.05, 0.1) is 5.39 Å². The number of benzene rings is 1. The summed E-state index contributed by atoms with van der Waals surface area (Å²) in [4.78, 5) is 16.8. The van der Waals surface area contributed by atoms with E-state index in [4.69, 9.17) is 4.74 Å². The van der Waals surface area contributed by atoms with Crippen molar-refractivity contribution in [3.63, 3.8) is 0 Å². The van der Waals surface area contributed by atoms with Crippen molar-refractivity contribution in [2.45, 2.75) is 64.7 Å². The number of thiophene rings is 1. The topological polar surface area (TPSA) is 42.1 Å². The molecule has 144 valence electrons. The molecule has 1 aromatic carbocycles. The van der Waals surface area contributed by atoms with Gasteiger partial charge >= 0.3 is 0 Å². The van der Waals surface area contributed by atoms with Gasteiger partial charge in [-0.3, -0.25) is 4.79 Å². The largest absolute Gasteiger partial charge is 0.447 e. The lowest BCUT2D eigenvalue weighted by atomic mass is 10.1. The van der Waals surface area contributed by atoms with Crippen LogP contribution in [0.1, 0.15) is 64.0 Å². The Morgan fingerprint density at radius 1 is 0.926 bits per heavy atom. The molecule has 0 saturated carbocycles. The van der Waals surface area contributed by atoms with Crippen LogP contribution < -0.4 is 10.2 Å². The van der Waals surface area contributed by atoms with Crippen molar-refractivity contribution in [3.05, 3.63) is 58.4 Å². The average molecular weight is 384 g/mol. The van der Waals surface area contributed by atoms with Crippen molar-refractivity contribution < 1.29 is 4.74 Å². The third-order valence-corrected chi connectivity index (χ3v) is 5.74. The lowest BCUT2D eigenvalue weighted by Gasteiger charge is -2.03. The first-order chi connectivity index (χ1) is 13.3. The summed E-state index contributed by atoms with van der Waals surface area (Å²) in [7, 11) is 0. The van der Waals surface area contributed by atoms with E-state index in [0.29, 0.717) is 5.39 Å². The van der Waals surface area contributed by atoms with Gasteiger partial charge in [-0.05, 0) is 25.0 Å². The number of H-pyrrole nitrogens is 1. The SMILES string of the molecule is CCCCCCCCCCc1cc(=O)c2cc(Oc3ccccc3)sc2[nH]1. The van der Waals surface area contributed by atoms with Gasteiger partial charge in [-0.25, -0.2) is 0 Å². The lowest BCUT2D eigenvalue weighted by molar-refractivity contribution is 0.497. The van der Waals surface area contributed by atoms with Crippen LogP contribution in [0.5, 0.6) is 10.8 Å². The zero-order chi connectivity index (χ0) is 18.9. The van der Waals surface area contributed by atoms with Crippen molar-refractivity contribution in [1.29, 1.82) is 0 Å². The summed E-state index contributed by atoms with van der Waals surface area (Å²) in [6, 6.07) is 13.3. The number of fused-ring (bicyclic) bond motifs is 1. The minimum absolute atomic E-state index is 0.0810. The van der Waals surface area contributed by atoms with Gasteiger partial charge in [0.2, 0.25) is 0 Å². The first-order valence-electron chi connectivity index (χ1n) is 10.1. The fraction of sp³-hybridized carbons (Fsp3) is 0.435. The number of hydrogen-bond acceptors (Lipinski definition) is 3. The van der Waals surface area contributed by atoms with Gasteiger partial charge < -0.3 is 9.72 Å². The second-order valence-corrected chi connectivity index (χ2v) is 8.12. The molecule has 0 aliphatic heterocycles. The number of unbranched alkanes of at least 4 members (excludes halogenated alkanes) is 7. The Labute approximate surface area is 165 Å². The molecule has 0 aliphatic carbocycles. The molecule has 2 aromatic heterocycles. The summed E-state index contributed by atoms with van der Waals surface area (Å²) in [6.07, 6.45) is 11.3. The Kier molecular flexibility index (Phi) is 7.52. The Hall–Kier alpha value is -2.07. The van der Waals surface area contributed by atoms with Crippen molar-refractivity contribution >= 4 is 21.6 Å². The second kappa shape index (κ2) is 10.3. The van der Waals surface area contributed by atoms with E-state index in [1.54, 1.807) is 6.07 Å². The van der Waals surface area contributed by atoms with Crippen LogP contribution in [0.4, 0.5) is 0 Å². The van der Waals surface area contributed by atoms with Gasteiger partial charge in [0, 0.05) is 17.8 Å². The van der Waals surface area contributed by atoms with E-state index < -0.39 is 0 Å². The second-order valence-electron chi connectivity index (χ2n) is 7.11. The molecule has 3 aromatic rings. The third kappa shape index (κ3) is 5.96. The maximum atomic E-state index is 12.4. The van der Waals surface area contributed by atoms with Gasteiger partial charge in [-0.2, -0.15) is 0 Å². The third-order valence-electron chi connectivity index (χ3n) is 4.82. The monoisotopic (exact) mass is 383 g/mol. The van der Waals surface area contributed by atoms with Crippen molar-refractivity contribution in [1.82, 2.24) is 4.98 Å². The Bertz CT molecular complexity index is 882. The van der Waals surface area contributed by atoms with E-state index in [0.717, 1.165) is 34.2 Å². The first-order valence-corrected chi connectivity index (χ1v) is 11.0. The molecule has 2 heterocycles. The molecule has 0 unspecified atom stereocenters. The predicted octanol–water partition coefficient (Wildman–Crippen LogP) is 7.07. The highest BCUT2D eigenvalue weighted by atomic mass is 32.1. The molecule has 0 saturated heterocycles. The van der Waals surface area contributed by atoms with E-state index in [1.807, 2.05) is 36.4 Å². The quantitative estimate of drug-likeness (QED) is 0.360. The van der Waals surface area contributed by atoms with Crippen LogP contribution in [0.15, 0.2) is 47.3 Å². The van der Waals surface area contributed by atoms with E-state index in [2.05, 4.69) is 11.9 Å². The molecule has 27 heavy (non-hydrogen) atoms. The molecule has 0 radical (unpaired) electrons. The highest BCUT2D eigenvalue weighted by Gasteiger charge is 2.09. The number of ether oxygens (including phenoxy) is 1. The maximum absolute atomic E-state index is 12.4. The molecule has 1 N–H and O–H groups in total. The van der Waals surface area contributed by atoms with Gasteiger partial charge in [0.15, 0.2) is 10.5 Å². The smallest absolute Gasteiger partial charge is 0.190 e. The predicted molar refractivity (Wildman–Crippen MR) is 115 cm³/mol. The molecular weight excluding hydrogens is 354 g/mol. The summed E-state index contributed by atoms with van der Waals surface area (Å²) >= 11 is 1.50. The number of aryl methyl sites for hydroxylation is 1. The molecular formula is C23H29NO2S. The molecule has 0 amide bonds. The zero-order valence-electron chi connectivity index (χ0n) is 16.1. The van der Waals surface area contributed by atoms with Crippen LogP contribution in [0.25, 0.3) is 10.2 Å². The Morgan fingerprint density at radius 3 is 2.37 bits per heavy atom. The number of aromatic amines is 1. The van der Waals surface area contributed by atoms with Crippen molar-refractivity contribution in [2.24, 2.45) is 0 Å². The van der Waals surface area contributed by atoms with Gasteiger partial charge in [0.1, 0.15) is 10.6 Å². The highest BCUT2D eigenvalue weighted by Crippen LogP contribution is 2.32. The maximum Gasteiger partial charge on any atom is 0.190 e. The molecule has 0 bridgehead atoms. The Morgan fingerprint density at radius 2 is 1.63 bits per heavy atom. The molecule has 0 atom stereocenters. The summed E-state index contributed by atoms with van der Waals surface area (Å²) in [6.45, 7) is 2.25. The number of rotatable bonds is 11. The standard InChI is InChI=1S/C23H29NO2S/c1-2-3-4-5-6-7-8-10-13-18-16-21(25)20-17-22(27-23(20)24-18)26-19-14-11-9-12-15-19/h9,11-12,14-17H,2-8,10,13H2,1H3,(H,24,25). The number of nitrogens with one attached hydrogen (secondary N) is 1. The molecule has 0 aliphatic rings. The molecule has 4 heteroatoms. The normalized spacial score (nSPS) is 11.1. The fourth-order valence-electron chi connectivity index (χ4n) is 3.30. The summed E-state index contributed by atoms with van der Waals surface area (Å²) in [5, 5.41) is 1.46. The van der Waals surface area contributed by atoms with Gasteiger partial charge in [-0.1, -0.05) is 81.4 Å². The molecule has 0 spiro atoms. The number of para-hydroxylation sites is 1. The minimum Gasteiger partial charge on any atom is -0.447 e. The number of hydrogen-bond donors (Lipinski definition) is 1. The van der Waals surface area contributed by atoms with Gasteiger partial charge in [-0.15, -0.1) is 0 Å². The van der Waals surface area contributed by atoms with E-state index in [9.17, 15) is 4.79 Å². The summed E-state index contributed by atoms with van der Waals surface area (Å²) < 4.78 is 5.87. The van der Waals surface area contributed by atoms with Crippen LogP contribution in [0.2, 0.25) is 0 Å². The Balaban J connectivity index is 1.54. The minimum atomic E-state index is 0.0810. The van der Waals surface area contributed by atoms with Crippen LogP contribution in [-0.4, -0.2) is 4.98 Å². The van der Waals surface area contributed by atoms with E-state index >= 15 is 0 Å². The first kappa shape index (κ1) is 19.7. The number of aromatic nitrogens is 1. The number of pyridine rings is 1. The van der Waals surface area contributed by atoms with Crippen LogP contribution in [-0.2, 0) is 6.42 Å². The average Bonchev–Trinajstić information content (AvgIpc) is 3.08. The highest BCUT2D eigenvalue weighted by molar-refractivity contribution is 7.20. The molecule has 0 fully saturated rings. The van der Waals surface area contributed by atoms with Crippen molar-refractivity contribution in [2.75, 3.05) is 0 Å². The molecule has 3 nitrogen and oxygen atoms in total. The van der Waals surface area contributed by atoms with Crippen LogP contribution >= 0.6 is 11.3 Å². The van der Waals surface area contributed by atoms with E-state index in [-0.39, 0.29) is 5.43 Å². The molecule has 3 rings (SSSR count).